The SMILES string of the molecule is CC(=O)OCC1=C(C(=O)O)N2C(=O)C(NC(=O)C(NC(=O)N3CCNC3=O)c3ccccc3)C2SC1. The Morgan fingerprint density at radius 1 is 1.22 bits per heavy atom. The maximum Gasteiger partial charge on any atom is 0.352 e. The second-order valence-electron chi connectivity index (χ2n) is 8.11. The number of nitrogens with zero attached hydrogens (tertiary/aromatic N) is 2. The Labute approximate surface area is 209 Å². The van der Waals surface area contributed by atoms with Crippen molar-refractivity contribution in [3.8, 4) is 0 Å². The summed E-state index contributed by atoms with van der Waals surface area (Å²) in [6.45, 7) is 1.36. The van der Waals surface area contributed by atoms with E-state index in [0.29, 0.717) is 12.1 Å². The summed E-state index contributed by atoms with van der Waals surface area (Å²) in [5, 5.41) is 16.6. The Bertz CT molecular complexity index is 1160. The van der Waals surface area contributed by atoms with Crippen LogP contribution in [-0.4, -0.2) is 87.6 Å². The molecular weight excluding hydrogens is 494 g/mol. The molecule has 3 heterocycles. The summed E-state index contributed by atoms with van der Waals surface area (Å²) in [7, 11) is 0. The molecule has 0 bridgehead atoms. The maximum atomic E-state index is 13.2. The summed E-state index contributed by atoms with van der Waals surface area (Å²) < 4.78 is 4.91. The van der Waals surface area contributed by atoms with Gasteiger partial charge in [0.15, 0.2) is 0 Å². The van der Waals surface area contributed by atoms with Crippen LogP contribution < -0.4 is 16.0 Å². The number of hydrogen-bond donors (Lipinski definition) is 4. The number of β-lactam (4-membered cyclic amide) rings is 1. The average molecular weight is 518 g/mol. The van der Waals surface area contributed by atoms with E-state index >= 15 is 0 Å². The van der Waals surface area contributed by atoms with E-state index in [4.69, 9.17) is 4.74 Å². The van der Waals surface area contributed by atoms with Crippen molar-refractivity contribution in [3.05, 3.63) is 47.2 Å². The van der Waals surface area contributed by atoms with Gasteiger partial charge in [-0.05, 0) is 5.56 Å². The number of nitrogens with one attached hydrogen (secondary N) is 3. The number of thioether (sulfide) groups is 1. The molecule has 2 saturated heterocycles. The third-order valence-corrected chi connectivity index (χ3v) is 7.10. The fourth-order valence-corrected chi connectivity index (χ4v) is 5.36. The minimum absolute atomic E-state index is 0.141. The Balaban J connectivity index is 1.50. The van der Waals surface area contributed by atoms with Crippen LogP contribution in [-0.2, 0) is 23.9 Å². The molecule has 0 aromatic heterocycles. The summed E-state index contributed by atoms with van der Waals surface area (Å²) in [6, 6.07) is 4.71. The van der Waals surface area contributed by atoms with Crippen LogP contribution >= 0.6 is 11.8 Å². The van der Waals surface area contributed by atoms with Crippen molar-refractivity contribution in [1.29, 1.82) is 0 Å². The lowest BCUT2D eigenvalue weighted by molar-refractivity contribution is -0.151. The van der Waals surface area contributed by atoms with Gasteiger partial charge in [-0.1, -0.05) is 30.3 Å². The number of urea groups is 2. The molecule has 0 saturated carbocycles. The largest absolute Gasteiger partial charge is 0.477 e. The molecule has 3 aliphatic rings. The number of hydrogen-bond acceptors (Lipinski definition) is 8. The highest BCUT2D eigenvalue weighted by Gasteiger charge is 2.54. The molecule has 0 aliphatic carbocycles. The van der Waals surface area contributed by atoms with Gasteiger partial charge in [0.2, 0.25) is 5.91 Å². The standard InChI is InChI=1S/C22H23N5O8S/c1-11(28)35-9-13-10-36-19-15(18(30)27(19)16(13)20(31)32)24-17(29)14(12-5-3-2-4-6-12)25-22(34)26-8-7-23-21(26)33/h2-6,14-15,19H,7-10H2,1H3,(H,23,33)(H,24,29)(H,25,34)(H,31,32). The minimum atomic E-state index is -1.35. The third-order valence-electron chi connectivity index (χ3n) is 5.76. The number of esters is 1. The van der Waals surface area contributed by atoms with E-state index in [9.17, 15) is 33.9 Å². The van der Waals surface area contributed by atoms with Crippen LogP contribution in [0.1, 0.15) is 18.5 Å². The zero-order valence-electron chi connectivity index (χ0n) is 19.1. The predicted octanol–water partition coefficient (Wildman–Crippen LogP) is -0.236. The number of amides is 6. The zero-order chi connectivity index (χ0) is 26.0. The molecule has 13 nitrogen and oxygen atoms in total. The van der Waals surface area contributed by atoms with E-state index in [-0.39, 0.29) is 30.2 Å². The Kier molecular flexibility index (Phi) is 7.15. The number of rotatable bonds is 7. The van der Waals surface area contributed by atoms with Gasteiger partial charge in [-0.2, -0.15) is 0 Å². The molecule has 3 atom stereocenters. The van der Waals surface area contributed by atoms with E-state index in [1.54, 1.807) is 30.3 Å². The normalized spacial score (nSPS) is 21.7. The van der Waals surface area contributed by atoms with Crippen LogP contribution in [0.15, 0.2) is 41.6 Å². The average Bonchev–Trinajstić information content (AvgIpc) is 3.29. The van der Waals surface area contributed by atoms with Crippen LogP contribution in [0, 0.1) is 0 Å². The lowest BCUT2D eigenvalue weighted by Crippen LogP contribution is -2.71. The molecule has 2 fully saturated rings. The predicted molar refractivity (Wildman–Crippen MR) is 124 cm³/mol. The molecule has 3 aliphatic heterocycles. The van der Waals surface area contributed by atoms with Crippen molar-refractivity contribution in [3.63, 3.8) is 0 Å². The highest BCUT2D eigenvalue weighted by atomic mass is 32.2. The molecule has 36 heavy (non-hydrogen) atoms. The summed E-state index contributed by atoms with van der Waals surface area (Å²) in [5.41, 5.74) is 0.427. The monoisotopic (exact) mass is 517 g/mol. The Hall–Kier alpha value is -4.07. The number of ether oxygens (including phenoxy) is 1. The van der Waals surface area contributed by atoms with Crippen LogP contribution in [0.25, 0.3) is 0 Å². The van der Waals surface area contributed by atoms with Gasteiger partial charge in [0.05, 0.1) is 0 Å². The number of carbonyl (C=O) groups excluding carboxylic acids is 5. The van der Waals surface area contributed by atoms with Gasteiger partial charge in [0.25, 0.3) is 5.91 Å². The zero-order valence-corrected chi connectivity index (χ0v) is 19.9. The molecule has 4 N–H and O–H groups in total. The van der Waals surface area contributed by atoms with Crippen LogP contribution in [0.2, 0.25) is 0 Å². The fraction of sp³-hybridized carbons (Fsp3) is 0.364. The lowest BCUT2D eigenvalue weighted by atomic mass is 10.0. The number of carbonyl (C=O) groups is 6. The highest BCUT2D eigenvalue weighted by Crippen LogP contribution is 2.40. The molecule has 0 spiro atoms. The van der Waals surface area contributed by atoms with Crippen molar-refractivity contribution in [1.82, 2.24) is 25.8 Å². The topological polar surface area (TPSA) is 174 Å². The molecule has 14 heteroatoms. The Morgan fingerprint density at radius 3 is 2.56 bits per heavy atom. The number of benzene rings is 1. The molecule has 190 valence electrons. The van der Waals surface area contributed by atoms with Crippen LogP contribution in [0.3, 0.4) is 0 Å². The number of imide groups is 1. The molecule has 6 amide bonds. The number of fused-ring (bicyclic) bond motifs is 1. The van der Waals surface area contributed by atoms with E-state index in [2.05, 4.69) is 16.0 Å². The first-order valence-corrected chi connectivity index (χ1v) is 12.0. The van der Waals surface area contributed by atoms with Crippen LogP contribution in [0.5, 0.6) is 0 Å². The van der Waals surface area contributed by atoms with Gasteiger partial charge in [-0.25, -0.2) is 19.3 Å². The molecule has 1 aromatic carbocycles. The van der Waals surface area contributed by atoms with E-state index < -0.39 is 53.3 Å². The lowest BCUT2D eigenvalue weighted by Gasteiger charge is -2.49. The summed E-state index contributed by atoms with van der Waals surface area (Å²) in [5.74, 6) is -3.09. The Morgan fingerprint density at radius 2 is 1.94 bits per heavy atom. The van der Waals surface area contributed by atoms with E-state index in [1.807, 2.05) is 0 Å². The van der Waals surface area contributed by atoms with E-state index in [1.165, 1.54) is 18.7 Å². The van der Waals surface area contributed by atoms with Gasteiger partial charge in [0.1, 0.15) is 29.8 Å². The molecule has 0 radical (unpaired) electrons. The molecule has 4 rings (SSSR count). The summed E-state index contributed by atoms with van der Waals surface area (Å²) in [4.78, 5) is 75.7. The van der Waals surface area contributed by atoms with Crippen molar-refractivity contribution >= 4 is 47.6 Å². The first kappa shape index (κ1) is 25.0. The van der Waals surface area contributed by atoms with Crippen molar-refractivity contribution in [2.45, 2.75) is 24.4 Å². The number of carboxylic acids is 1. The van der Waals surface area contributed by atoms with E-state index in [0.717, 1.165) is 9.80 Å². The number of carboxylic acid groups (broad SMARTS) is 1. The van der Waals surface area contributed by atoms with Gasteiger partial charge in [0, 0.05) is 31.3 Å². The van der Waals surface area contributed by atoms with Crippen molar-refractivity contribution in [2.75, 3.05) is 25.4 Å². The van der Waals surface area contributed by atoms with Crippen molar-refractivity contribution in [2.24, 2.45) is 0 Å². The highest BCUT2D eigenvalue weighted by molar-refractivity contribution is 8.00. The smallest absolute Gasteiger partial charge is 0.352 e. The van der Waals surface area contributed by atoms with Gasteiger partial charge < -0.3 is 25.8 Å². The van der Waals surface area contributed by atoms with Gasteiger partial charge in [-0.3, -0.25) is 19.3 Å². The maximum absolute atomic E-state index is 13.2. The fourth-order valence-electron chi connectivity index (χ4n) is 4.03. The summed E-state index contributed by atoms with van der Waals surface area (Å²) in [6.07, 6.45) is 0. The third kappa shape index (κ3) is 4.84. The van der Waals surface area contributed by atoms with Crippen molar-refractivity contribution < 1.29 is 38.6 Å². The molecular formula is C22H23N5O8S. The van der Waals surface area contributed by atoms with Crippen LogP contribution in [0.4, 0.5) is 9.59 Å². The molecule has 1 aromatic rings. The second-order valence-corrected chi connectivity index (χ2v) is 9.22. The second kappa shape index (κ2) is 10.3. The van der Waals surface area contributed by atoms with Gasteiger partial charge in [-0.15, -0.1) is 11.8 Å². The molecule has 3 unspecified atom stereocenters. The minimum Gasteiger partial charge on any atom is -0.477 e. The quantitative estimate of drug-likeness (QED) is 0.281. The van der Waals surface area contributed by atoms with Gasteiger partial charge >= 0.3 is 24.0 Å². The first-order valence-electron chi connectivity index (χ1n) is 10.9. The number of aliphatic carboxylic acids is 1. The first-order chi connectivity index (χ1) is 17.2. The summed E-state index contributed by atoms with van der Waals surface area (Å²) >= 11 is 1.22.